The third-order valence-electron chi connectivity index (χ3n) is 4.68. The number of hydrogen-bond donors (Lipinski definition) is 1. The third-order valence-corrected chi connectivity index (χ3v) is 4.68. The van der Waals surface area contributed by atoms with E-state index in [1.54, 1.807) is 0 Å². The zero-order valence-electron chi connectivity index (χ0n) is 13.8. The highest BCUT2D eigenvalue weighted by Crippen LogP contribution is 2.34. The van der Waals surface area contributed by atoms with Crippen molar-refractivity contribution in [2.45, 2.75) is 43.8 Å². The summed E-state index contributed by atoms with van der Waals surface area (Å²) in [5, 5.41) is 2.71. The number of ether oxygens (including phenoxy) is 4. The smallest absolute Gasteiger partial charge is 0.407 e. The predicted molar refractivity (Wildman–Crippen MR) is 85.6 cm³/mol. The van der Waals surface area contributed by atoms with Crippen LogP contribution in [-0.4, -0.2) is 49.7 Å². The number of nitrogens with one attached hydrogen (secondary N) is 1. The summed E-state index contributed by atoms with van der Waals surface area (Å²) < 4.78 is 22.2. The van der Waals surface area contributed by atoms with Crippen molar-refractivity contribution in [3.63, 3.8) is 0 Å². The van der Waals surface area contributed by atoms with Crippen LogP contribution in [0.15, 0.2) is 30.3 Å². The highest BCUT2D eigenvalue weighted by molar-refractivity contribution is 5.75. The first-order valence-corrected chi connectivity index (χ1v) is 8.63. The summed E-state index contributed by atoms with van der Waals surface area (Å²) in [7, 11) is 0. The maximum absolute atomic E-state index is 12.0. The Balaban J connectivity index is 1.25. The molecule has 134 valence electrons. The zero-order valence-corrected chi connectivity index (χ0v) is 13.8. The summed E-state index contributed by atoms with van der Waals surface area (Å²) in [6.45, 7) is 0.911. The molecule has 3 fully saturated rings. The zero-order chi connectivity index (χ0) is 17.2. The Kier molecular flexibility index (Phi) is 4.59. The van der Waals surface area contributed by atoms with E-state index in [1.165, 1.54) is 0 Å². The van der Waals surface area contributed by atoms with Gasteiger partial charge in [0.15, 0.2) is 12.2 Å². The number of hydrogen-bond acceptors (Lipinski definition) is 6. The van der Waals surface area contributed by atoms with Gasteiger partial charge in [0, 0.05) is 6.54 Å². The van der Waals surface area contributed by atoms with Crippen molar-refractivity contribution in [2.75, 3.05) is 13.2 Å². The van der Waals surface area contributed by atoms with Gasteiger partial charge in [-0.05, 0) is 18.4 Å². The molecule has 3 aliphatic rings. The Morgan fingerprint density at radius 3 is 2.28 bits per heavy atom. The Labute approximate surface area is 145 Å². The number of fused-ring (bicyclic) bond motifs is 1. The number of esters is 1. The van der Waals surface area contributed by atoms with Crippen molar-refractivity contribution < 1.29 is 28.5 Å². The van der Waals surface area contributed by atoms with Gasteiger partial charge in [-0.3, -0.25) is 4.79 Å². The first-order valence-electron chi connectivity index (χ1n) is 8.63. The molecule has 2 saturated heterocycles. The number of carbonyl (C=O) groups is 2. The second kappa shape index (κ2) is 7.01. The maximum atomic E-state index is 12.0. The second-order valence-electron chi connectivity index (χ2n) is 6.63. The van der Waals surface area contributed by atoms with Crippen LogP contribution in [0.3, 0.4) is 0 Å². The summed E-state index contributed by atoms with van der Waals surface area (Å²) in [6, 6.07) is 9.59. The van der Waals surface area contributed by atoms with Crippen LogP contribution in [0.4, 0.5) is 4.79 Å². The fourth-order valence-corrected chi connectivity index (χ4v) is 3.14. The van der Waals surface area contributed by atoms with Crippen LogP contribution < -0.4 is 5.32 Å². The van der Waals surface area contributed by atoms with E-state index < -0.39 is 18.3 Å². The molecular weight excluding hydrogens is 326 g/mol. The molecule has 4 atom stereocenters. The van der Waals surface area contributed by atoms with Crippen LogP contribution in [-0.2, 0) is 30.3 Å². The fourth-order valence-electron chi connectivity index (χ4n) is 3.14. The maximum Gasteiger partial charge on any atom is 0.407 e. The Morgan fingerprint density at radius 1 is 1.00 bits per heavy atom. The van der Waals surface area contributed by atoms with E-state index in [-0.39, 0.29) is 37.3 Å². The van der Waals surface area contributed by atoms with Crippen molar-refractivity contribution >= 4 is 12.1 Å². The van der Waals surface area contributed by atoms with Crippen molar-refractivity contribution in [3.05, 3.63) is 35.9 Å². The van der Waals surface area contributed by atoms with Crippen LogP contribution in [0.25, 0.3) is 0 Å². The van der Waals surface area contributed by atoms with E-state index in [1.807, 2.05) is 30.3 Å². The van der Waals surface area contributed by atoms with Crippen LogP contribution in [0, 0.1) is 5.92 Å². The molecule has 0 aromatic heterocycles. The lowest BCUT2D eigenvalue weighted by Gasteiger charge is -2.17. The molecule has 7 heteroatoms. The minimum absolute atomic E-state index is 0.0382. The molecular formula is C18H21NO6. The predicted octanol–water partition coefficient (Wildman–Crippen LogP) is 1.40. The fraction of sp³-hybridized carbons (Fsp3) is 0.556. The Morgan fingerprint density at radius 2 is 1.64 bits per heavy atom. The minimum atomic E-state index is -0.514. The van der Waals surface area contributed by atoms with Gasteiger partial charge >= 0.3 is 12.1 Å². The quantitative estimate of drug-likeness (QED) is 0.811. The Hall–Kier alpha value is -2.12. The van der Waals surface area contributed by atoms with Crippen molar-refractivity contribution in [1.82, 2.24) is 5.32 Å². The second-order valence-corrected chi connectivity index (χ2v) is 6.63. The van der Waals surface area contributed by atoms with Crippen molar-refractivity contribution in [2.24, 2.45) is 5.92 Å². The topological polar surface area (TPSA) is 83.1 Å². The van der Waals surface area contributed by atoms with Gasteiger partial charge < -0.3 is 24.3 Å². The molecule has 25 heavy (non-hydrogen) atoms. The standard InChI is InChI=1S/C18H21NO6/c20-17(12-6-7-12)24-13-9-22-16-14(10-23-15(13)16)25-18(21)19-8-11-4-2-1-3-5-11/h1-5,12-16H,6-10H2,(H,19,21)/t13-,14+,15-,16-/m1/s1. The highest BCUT2D eigenvalue weighted by Gasteiger charge is 2.51. The molecule has 1 N–H and O–H groups in total. The molecule has 4 rings (SSSR count). The van der Waals surface area contributed by atoms with Gasteiger partial charge in [0.2, 0.25) is 0 Å². The molecule has 2 heterocycles. The molecule has 7 nitrogen and oxygen atoms in total. The number of alkyl carbamates (subject to hydrolysis) is 1. The van der Waals surface area contributed by atoms with E-state index >= 15 is 0 Å². The monoisotopic (exact) mass is 347 g/mol. The summed E-state index contributed by atoms with van der Waals surface area (Å²) in [5.74, 6) is -0.140. The first kappa shape index (κ1) is 16.4. The molecule has 1 aromatic rings. The average Bonchev–Trinajstić information content (AvgIpc) is 3.30. The number of rotatable bonds is 5. The molecule has 0 radical (unpaired) electrons. The Bertz CT molecular complexity index is 632. The number of amides is 1. The summed E-state index contributed by atoms with van der Waals surface area (Å²) in [4.78, 5) is 23.8. The minimum Gasteiger partial charge on any atom is -0.457 e. The van der Waals surface area contributed by atoms with Crippen LogP contribution in [0.2, 0.25) is 0 Å². The van der Waals surface area contributed by atoms with Gasteiger partial charge in [-0.15, -0.1) is 0 Å². The van der Waals surface area contributed by atoms with Crippen LogP contribution in [0.5, 0.6) is 0 Å². The average molecular weight is 347 g/mol. The molecule has 1 saturated carbocycles. The van der Waals surface area contributed by atoms with Gasteiger partial charge in [-0.25, -0.2) is 4.79 Å². The van der Waals surface area contributed by atoms with Crippen molar-refractivity contribution in [3.8, 4) is 0 Å². The molecule has 1 aliphatic carbocycles. The van der Waals surface area contributed by atoms with Gasteiger partial charge in [0.1, 0.15) is 12.2 Å². The highest BCUT2D eigenvalue weighted by atomic mass is 16.7. The summed E-state index contributed by atoms with van der Waals surface area (Å²) in [5.41, 5.74) is 0.990. The molecule has 1 aromatic carbocycles. The lowest BCUT2D eigenvalue weighted by atomic mass is 10.1. The number of carbonyl (C=O) groups excluding carboxylic acids is 2. The van der Waals surface area contributed by atoms with E-state index in [9.17, 15) is 9.59 Å². The van der Waals surface area contributed by atoms with Gasteiger partial charge in [0.05, 0.1) is 19.1 Å². The van der Waals surface area contributed by atoms with Crippen LogP contribution >= 0.6 is 0 Å². The summed E-state index contributed by atoms with van der Waals surface area (Å²) in [6.07, 6.45) is -0.387. The van der Waals surface area contributed by atoms with E-state index in [0.717, 1.165) is 18.4 Å². The van der Waals surface area contributed by atoms with Crippen molar-refractivity contribution in [1.29, 1.82) is 0 Å². The summed E-state index contributed by atoms with van der Waals surface area (Å²) >= 11 is 0. The molecule has 1 amide bonds. The van der Waals surface area contributed by atoms with Crippen LogP contribution in [0.1, 0.15) is 18.4 Å². The molecule has 0 spiro atoms. The molecule has 2 aliphatic heterocycles. The molecule has 0 unspecified atom stereocenters. The lowest BCUT2D eigenvalue weighted by molar-refractivity contribution is -0.155. The third kappa shape index (κ3) is 3.77. The van der Waals surface area contributed by atoms with Gasteiger partial charge in [-0.2, -0.15) is 0 Å². The first-order chi connectivity index (χ1) is 12.2. The lowest BCUT2D eigenvalue weighted by Crippen LogP contribution is -2.38. The van der Waals surface area contributed by atoms with E-state index in [4.69, 9.17) is 18.9 Å². The SMILES string of the molecule is O=C(NCc1ccccc1)O[C@H]1CO[C@H]2[C@@H]1OC[C@H]2OC(=O)C1CC1. The van der Waals surface area contributed by atoms with E-state index in [0.29, 0.717) is 6.54 Å². The van der Waals surface area contributed by atoms with Gasteiger partial charge in [-0.1, -0.05) is 30.3 Å². The van der Waals surface area contributed by atoms with Gasteiger partial charge in [0.25, 0.3) is 0 Å². The normalized spacial score (nSPS) is 30.6. The molecule has 0 bridgehead atoms. The number of benzene rings is 1. The van der Waals surface area contributed by atoms with E-state index in [2.05, 4.69) is 5.32 Å². The largest absolute Gasteiger partial charge is 0.457 e.